The molecular formula is C13H28NPS2. The van der Waals surface area contributed by atoms with Gasteiger partial charge in [-0.1, -0.05) is 39.5 Å². The third-order valence-corrected chi connectivity index (χ3v) is 9.24. The molecule has 102 valence electrons. The Morgan fingerprint density at radius 3 is 1.76 bits per heavy atom. The normalized spacial score (nSPS) is 27.3. The zero-order valence-corrected chi connectivity index (χ0v) is 14.7. The van der Waals surface area contributed by atoms with Crippen LogP contribution in [0.4, 0.5) is 0 Å². The molecule has 1 nitrogen and oxygen atoms in total. The van der Waals surface area contributed by atoms with Crippen LogP contribution in [0.2, 0.25) is 0 Å². The summed E-state index contributed by atoms with van der Waals surface area (Å²) in [4.78, 5) is 0.271. The highest BCUT2D eigenvalue weighted by molar-refractivity contribution is 8.15. The van der Waals surface area contributed by atoms with Gasteiger partial charge >= 0.3 is 0 Å². The quantitative estimate of drug-likeness (QED) is 0.751. The molecule has 1 saturated heterocycles. The lowest BCUT2D eigenvalue weighted by Crippen LogP contribution is -2.44. The van der Waals surface area contributed by atoms with E-state index in [0.717, 1.165) is 0 Å². The number of hydrogen-bond donors (Lipinski definition) is 1. The van der Waals surface area contributed by atoms with Gasteiger partial charge in [-0.25, -0.2) is 0 Å². The second-order valence-corrected chi connectivity index (χ2v) is 13.6. The van der Waals surface area contributed by atoms with E-state index >= 15 is 0 Å². The summed E-state index contributed by atoms with van der Waals surface area (Å²) in [5.41, 5.74) is 0. The summed E-state index contributed by atoms with van der Waals surface area (Å²) < 4.78 is 0.366. The van der Waals surface area contributed by atoms with Crippen molar-refractivity contribution in [3.8, 4) is 0 Å². The molecule has 17 heavy (non-hydrogen) atoms. The van der Waals surface area contributed by atoms with Crippen LogP contribution >= 0.6 is 17.8 Å². The Hall–Kier alpha value is 0.960. The molecule has 0 aromatic heterocycles. The molecule has 1 N–H and O–H groups in total. The molecule has 0 aromatic rings. The molecule has 1 aliphatic heterocycles. The van der Waals surface area contributed by atoms with E-state index in [4.69, 9.17) is 11.8 Å². The van der Waals surface area contributed by atoms with Crippen LogP contribution in [0, 0.1) is 0 Å². The molecule has 0 aliphatic carbocycles. The van der Waals surface area contributed by atoms with E-state index < -0.39 is 6.04 Å². The molecule has 1 atom stereocenters. The second-order valence-electron chi connectivity index (χ2n) is 5.56. The molecular weight excluding hydrogens is 265 g/mol. The number of nitrogens with one attached hydrogen (secondary N) is 1. The van der Waals surface area contributed by atoms with Gasteiger partial charge in [0, 0.05) is 4.75 Å². The van der Waals surface area contributed by atoms with Gasteiger partial charge in [-0.2, -0.15) is 0 Å². The first-order valence-electron chi connectivity index (χ1n) is 6.81. The van der Waals surface area contributed by atoms with Gasteiger partial charge in [-0.15, -0.1) is 11.8 Å². The smallest absolute Gasteiger partial charge is 0.0651 e. The van der Waals surface area contributed by atoms with Crippen molar-refractivity contribution >= 4 is 29.6 Å². The molecule has 1 rings (SSSR count). The largest absolute Gasteiger partial charge is 0.294 e. The molecule has 0 spiro atoms. The first kappa shape index (κ1) is 16.0. The second kappa shape index (κ2) is 5.53. The van der Waals surface area contributed by atoms with E-state index in [9.17, 15) is 0 Å². The lowest BCUT2D eigenvalue weighted by molar-refractivity contribution is 0.414. The van der Waals surface area contributed by atoms with Crippen molar-refractivity contribution in [2.45, 2.75) is 68.8 Å². The van der Waals surface area contributed by atoms with E-state index in [0.29, 0.717) is 10.5 Å². The van der Waals surface area contributed by atoms with E-state index in [1.165, 1.54) is 25.7 Å². The summed E-state index contributed by atoms with van der Waals surface area (Å²) in [6.07, 6.45) is 4.85. The van der Waals surface area contributed by atoms with Crippen LogP contribution in [0.5, 0.6) is 0 Å². The fourth-order valence-electron chi connectivity index (χ4n) is 2.96. The van der Waals surface area contributed by atoms with Gasteiger partial charge in [0.2, 0.25) is 0 Å². The Kier molecular flexibility index (Phi) is 5.21. The highest BCUT2D eigenvalue weighted by Crippen LogP contribution is 2.62. The first-order chi connectivity index (χ1) is 7.79. The Labute approximate surface area is 117 Å². The predicted molar refractivity (Wildman–Crippen MR) is 87.3 cm³/mol. The minimum absolute atomic E-state index is 0.271. The molecule has 1 aliphatic rings. The highest BCUT2D eigenvalue weighted by Gasteiger charge is 2.53. The van der Waals surface area contributed by atoms with Crippen molar-refractivity contribution < 1.29 is 0 Å². The van der Waals surface area contributed by atoms with Crippen molar-refractivity contribution in [3.05, 3.63) is 0 Å². The van der Waals surface area contributed by atoms with E-state index in [1.54, 1.807) is 0 Å². The van der Waals surface area contributed by atoms with Crippen molar-refractivity contribution in [1.82, 2.24) is 5.32 Å². The molecule has 0 aromatic carbocycles. The van der Waals surface area contributed by atoms with Crippen molar-refractivity contribution in [3.63, 3.8) is 0 Å². The molecule has 1 fully saturated rings. The Bertz CT molecular complexity index is 303. The summed E-state index contributed by atoms with van der Waals surface area (Å²) >= 11 is 8.05. The van der Waals surface area contributed by atoms with Crippen LogP contribution in [-0.4, -0.2) is 28.7 Å². The topological polar surface area (TPSA) is 12.0 Å². The maximum atomic E-state index is 5.86. The van der Waals surface area contributed by atoms with Crippen LogP contribution < -0.4 is 5.32 Å². The first-order valence-corrected chi connectivity index (χ1v) is 11.4. The summed E-state index contributed by atoms with van der Waals surface area (Å²) in [6, 6.07) is -1.27. The molecule has 0 saturated carbocycles. The molecule has 0 bridgehead atoms. The summed E-state index contributed by atoms with van der Waals surface area (Å²) in [5, 5.41) is 3.94. The third-order valence-electron chi connectivity index (χ3n) is 4.26. The molecule has 0 radical (unpaired) electrons. The predicted octanol–water partition coefficient (Wildman–Crippen LogP) is 4.46. The van der Waals surface area contributed by atoms with E-state index in [-0.39, 0.29) is 4.87 Å². The maximum Gasteiger partial charge on any atom is 0.0651 e. The van der Waals surface area contributed by atoms with Crippen molar-refractivity contribution in [2.24, 2.45) is 0 Å². The van der Waals surface area contributed by atoms with Crippen LogP contribution in [0.15, 0.2) is 0 Å². The van der Waals surface area contributed by atoms with Gasteiger partial charge in [0.25, 0.3) is 0 Å². The van der Waals surface area contributed by atoms with Gasteiger partial charge in [-0.3, -0.25) is 5.32 Å². The van der Waals surface area contributed by atoms with Gasteiger partial charge in [-0.05, 0) is 45.1 Å². The third kappa shape index (κ3) is 2.94. The van der Waals surface area contributed by atoms with Crippen LogP contribution in [-0.2, 0) is 11.8 Å². The van der Waals surface area contributed by atoms with Crippen molar-refractivity contribution in [1.29, 1.82) is 0 Å². The van der Waals surface area contributed by atoms with Gasteiger partial charge in [0.1, 0.15) is 0 Å². The zero-order chi connectivity index (χ0) is 13.3. The average molecular weight is 293 g/mol. The summed E-state index contributed by atoms with van der Waals surface area (Å²) in [5.74, 6) is 0.546. The van der Waals surface area contributed by atoms with Gasteiger partial charge < -0.3 is 0 Å². The molecule has 4 heteroatoms. The minimum atomic E-state index is -1.27. The van der Waals surface area contributed by atoms with E-state index in [1.807, 2.05) is 0 Å². The Morgan fingerprint density at radius 2 is 1.53 bits per heavy atom. The number of thioether (sulfide) groups is 1. The standard InChI is InChI=1S/C13H28NPS2/c1-7-12(8-2)11(15(5,6)16)14-13(9-3,10-4)17-12/h11,14H,7-10H2,1-6H3. The fourth-order valence-corrected chi connectivity index (χ4v) is 8.72. The lowest BCUT2D eigenvalue weighted by atomic mass is 10.0. The summed E-state index contributed by atoms with van der Waals surface area (Å²) in [6.45, 7) is 13.9. The van der Waals surface area contributed by atoms with Crippen LogP contribution in [0.25, 0.3) is 0 Å². The SMILES string of the molecule is CCC1(CC)NC(P(C)(C)=S)C(CC)(CC)S1. The monoisotopic (exact) mass is 293 g/mol. The van der Waals surface area contributed by atoms with Crippen LogP contribution in [0.1, 0.15) is 53.4 Å². The lowest BCUT2D eigenvalue weighted by Gasteiger charge is -2.36. The molecule has 0 amide bonds. The minimum Gasteiger partial charge on any atom is -0.294 e. The zero-order valence-electron chi connectivity index (χ0n) is 12.2. The molecule has 1 unspecified atom stereocenters. The Morgan fingerprint density at radius 1 is 1.06 bits per heavy atom. The number of hydrogen-bond acceptors (Lipinski definition) is 3. The van der Waals surface area contributed by atoms with Gasteiger partial charge in [0.05, 0.1) is 10.7 Å². The van der Waals surface area contributed by atoms with Crippen molar-refractivity contribution in [2.75, 3.05) is 13.3 Å². The summed E-state index contributed by atoms with van der Waals surface area (Å²) in [7, 11) is 0. The van der Waals surface area contributed by atoms with E-state index in [2.05, 4.69) is 58.1 Å². The molecule has 1 heterocycles. The van der Waals surface area contributed by atoms with Gasteiger partial charge in [0.15, 0.2) is 0 Å². The van der Waals surface area contributed by atoms with Crippen LogP contribution in [0.3, 0.4) is 0 Å². The highest BCUT2D eigenvalue weighted by atomic mass is 32.4. The fraction of sp³-hybridized carbons (Fsp3) is 1.00. The number of rotatable bonds is 5. The maximum absolute atomic E-state index is 5.86. The average Bonchev–Trinajstić information content (AvgIpc) is 2.65. The Balaban J connectivity index is 3.15.